The standard InChI is InChI=1S/C27H43NO3/c1-2-3-4-5-6-7-8-9-10-11-12-13-14-15-19-22-26(29)28-25(27(30)31)23-24-20-17-16-18-21-24/h9-10,16-18,20-21,25H,2-8,11-15,19,22-23H2,1H3,(H,28,29)(H,30,31)/t25-/m0/s1. The number of carboxylic acid groups (broad SMARTS) is 1. The summed E-state index contributed by atoms with van der Waals surface area (Å²) in [6, 6.07) is 8.55. The van der Waals surface area contributed by atoms with Gasteiger partial charge >= 0.3 is 5.97 Å². The van der Waals surface area contributed by atoms with E-state index in [1.807, 2.05) is 30.3 Å². The molecule has 0 aliphatic heterocycles. The van der Waals surface area contributed by atoms with E-state index in [2.05, 4.69) is 24.4 Å². The van der Waals surface area contributed by atoms with Gasteiger partial charge in [-0.1, -0.05) is 101 Å². The number of benzene rings is 1. The lowest BCUT2D eigenvalue weighted by atomic mass is 10.1. The average molecular weight is 430 g/mol. The number of amides is 1. The van der Waals surface area contributed by atoms with Gasteiger partial charge in [0.1, 0.15) is 6.04 Å². The van der Waals surface area contributed by atoms with E-state index in [1.54, 1.807) is 0 Å². The highest BCUT2D eigenvalue weighted by molar-refractivity contribution is 5.83. The molecule has 2 N–H and O–H groups in total. The highest BCUT2D eigenvalue weighted by atomic mass is 16.4. The lowest BCUT2D eigenvalue weighted by Gasteiger charge is -2.14. The van der Waals surface area contributed by atoms with Crippen molar-refractivity contribution in [2.24, 2.45) is 0 Å². The van der Waals surface area contributed by atoms with E-state index in [1.165, 1.54) is 57.8 Å². The highest BCUT2D eigenvalue weighted by Crippen LogP contribution is 2.10. The van der Waals surface area contributed by atoms with Crippen LogP contribution in [0.1, 0.15) is 102 Å². The largest absolute Gasteiger partial charge is 0.480 e. The molecule has 0 saturated heterocycles. The molecule has 1 aromatic rings. The monoisotopic (exact) mass is 429 g/mol. The van der Waals surface area contributed by atoms with Crippen molar-refractivity contribution in [2.75, 3.05) is 0 Å². The van der Waals surface area contributed by atoms with Crippen molar-refractivity contribution in [1.29, 1.82) is 0 Å². The minimum absolute atomic E-state index is 0.166. The maximum Gasteiger partial charge on any atom is 0.326 e. The topological polar surface area (TPSA) is 66.4 Å². The third kappa shape index (κ3) is 15.4. The van der Waals surface area contributed by atoms with Crippen LogP contribution in [0.2, 0.25) is 0 Å². The molecule has 0 heterocycles. The van der Waals surface area contributed by atoms with Crippen molar-refractivity contribution in [2.45, 2.75) is 109 Å². The van der Waals surface area contributed by atoms with Crippen LogP contribution in [0.3, 0.4) is 0 Å². The van der Waals surface area contributed by atoms with E-state index < -0.39 is 12.0 Å². The predicted octanol–water partition coefficient (Wildman–Crippen LogP) is 6.84. The van der Waals surface area contributed by atoms with Crippen molar-refractivity contribution in [3.05, 3.63) is 48.0 Å². The Morgan fingerprint density at radius 2 is 1.39 bits per heavy atom. The normalized spacial score (nSPS) is 12.2. The number of allylic oxidation sites excluding steroid dienone is 2. The van der Waals surface area contributed by atoms with Crippen LogP contribution in [-0.2, 0) is 16.0 Å². The van der Waals surface area contributed by atoms with Gasteiger partial charge in [0.15, 0.2) is 0 Å². The lowest BCUT2D eigenvalue weighted by Crippen LogP contribution is -2.42. The Bertz CT molecular complexity index is 612. The number of unbranched alkanes of at least 4 members (excludes halogenated alkanes) is 11. The van der Waals surface area contributed by atoms with Crippen LogP contribution in [-0.4, -0.2) is 23.0 Å². The van der Waals surface area contributed by atoms with Crippen LogP contribution in [0, 0.1) is 0 Å². The quantitative estimate of drug-likeness (QED) is 0.187. The van der Waals surface area contributed by atoms with E-state index in [0.29, 0.717) is 12.8 Å². The van der Waals surface area contributed by atoms with E-state index in [4.69, 9.17) is 0 Å². The maximum absolute atomic E-state index is 12.1. The summed E-state index contributed by atoms with van der Waals surface area (Å²) in [6.07, 6.45) is 21.2. The van der Waals surface area contributed by atoms with Crippen molar-refractivity contribution in [1.82, 2.24) is 5.32 Å². The fourth-order valence-corrected chi connectivity index (χ4v) is 3.67. The van der Waals surface area contributed by atoms with Gasteiger partial charge in [-0.3, -0.25) is 4.79 Å². The molecule has 0 aliphatic rings. The first-order chi connectivity index (χ1) is 15.1. The van der Waals surface area contributed by atoms with Gasteiger partial charge in [-0.05, 0) is 37.7 Å². The predicted molar refractivity (Wildman–Crippen MR) is 129 cm³/mol. The van der Waals surface area contributed by atoms with Gasteiger partial charge < -0.3 is 10.4 Å². The molecule has 0 fully saturated rings. The zero-order valence-corrected chi connectivity index (χ0v) is 19.5. The molecule has 1 atom stereocenters. The molecular formula is C27H43NO3. The fourth-order valence-electron chi connectivity index (χ4n) is 3.67. The molecule has 1 rings (SSSR count). The molecule has 1 amide bonds. The number of aliphatic carboxylic acids is 1. The van der Waals surface area contributed by atoms with E-state index in [9.17, 15) is 14.7 Å². The van der Waals surface area contributed by atoms with Crippen molar-refractivity contribution in [3.63, 3.8) is 0 Å². The minimum Gasteiger partial charge on any atom is -0.480 e. The first-order valence-corrected chi connectivity index (χ1v) is 12.3. The van der Waals surface area contributed by atoms with Crippen LogP contribution in [0.5, 0.6) is 0 Å². The number of hydrogen-bond donors (Lipinski definition) is 2. The summed E-state index contributed by atoms with van der Waals surface area (Å²) in [5, 5.41) is 12.0. The molecule has 0 saturated carbocycles. The molecule has 4 heteroatoms. The Kier molecular flexibility index (Phi) is 16.2. The molecule has 0 spiro atoms. The Balaban J connectivity index is 2.00. The molecular weight excluding hydrogens is 386 g/mol. The van der Waals surface area contributed by atoms with Crippen LogP contribution >= 0.6 is 0 Å². The summed E-state index contributed by atoms with van der Waals surface area (Å²) in [6.45, 7) is 2.25. The molecule has 31 heavy (non-hydrogen) atoms. The number of carbonyl (C=O) groups excluding carboxylic acids is 1. The van der Waals surface area contributed by atoms with Crippen LogP contribution < -0.4 is 5.32 Å². The summed E-state index contributed by atoms with van der Waals surface area (Å²) < 4.78 is 0. The molecule has 4 nitrogen and oxygen atoms in total. The molecule has 0 bridgehead atoms. The van der Waals surface area contributed by atoms with Crippen molar-refractivity contribution < 1.29 is 14.7 Å². The first-order valence-electron chi connectivity index (χ1n) is 12.3. The minimum atomic E-state index is -0.984. The molecule has 0 aromatic heterocycles. The van der Waals surface area contributed by atoms with E-state index >= 15 is 0 Å². The van der Waals surface area contributed by atoms with Gasteiger partial charge in [0.05, 0.1) is 0 Å². The number of nitrogens with one attached hydrogen (secondary N) is 1. The Hall–Kier alpha value is -2.10. The molecule has 0 radical (unpaired) electrons. The number of hydrogen-bond acceptors (Lipinski definition) is 2. The summed E-state index contributed by atoms with van der Waals surface area (Å²) in [7, 11) is 0. The Labute approximate surface area is 189 Å². The van der Waals surface area contributed by atoms with Gasteiger partial charge in [-0.25, -0.2) is 4.79 Å². The van der Waals surface area contributed by atoms with Gasteiger partial charge in [0.2, 0.25) is 5.91 Å². The fraction of sp³-hybridized carbons (Fsp3) is 0.630. The first kappa shape index (κ1) is 26.9. The second-order valence-electron chi connectivity index (χ2n) is 8.48. The van der Waals surface area contributed by atoms with E-state index in [-0.39, 0.29) is 5.91 Å². The zero-order chi connectivity index (χ0) is 22.6. The van der Waals surface area contributed by atoms with Gasteiger partial charge in [-0.2, -0.15) is 0 Å². The summed E-state index contributed by atoms with van der Waals surface area (Å²) >= 11 is 0. The maximum atomic E-state index is 12.1. The van der Waals surface area contributed by atoms with Gasteiger partial charge in [-0.15, -0.1) is 0 Å². The zero-order valence-electron chi connectivity index (χ0n) is 19.5. The Morgan fingerprint density at radius 3 is 1.97 bits per heavy atom. The van der Waals surface area contributed by atoms with Crippen molar-refractivity contribution in [3.8, 4) is 0 Å². The average Bonchev–Trinajstić information content (AvgIpc) is 2.76. The number of carboxylic acids is 1. The lowest BCUT2D eigenvalue weighted by molar-refractivity contribution is -0.141. The smallest absolute Gasteiger partial charge is 0.326 e. The molecule has 174 valence electrons. The SMILES string of the molecule is CCCCCCCCC=CCCCCCCCC(=O)N[C@@H](Cc1ccccc1)C(=O)O. The number of rotatable bonds is 19. The summed E-state index contributed by atoms with van der Waals surface area (Å²) in [5.74, 6) is -1.15. The van der Waals surface area contributed by atoms with Gasteiger partial charge in [0.25, 0.3) is 0 Å². The van der Waals surface area contributed by atoms with Crippen molar-refractivity contribution >= 4 is 11.9 Å². The second kappa shape index (κ2) is 18.7. The van der Waals surface area contributed by atoms with Gasteiger partial charge in [0, 0.05) is 12.8 Å². The summed E-state index contributed by atoms with van der Waals surface area (Å²) in [5.41, 5.74) is 0.913. The van der Waals surface area contributed by atoms with E-state index in [0.717, 1.165) is 31.2 Å². The highest BCUT2D eigenvalue weighted by Gasteiger charge is 2.19. The third-order valence-electron chi connectivity index (χ3n) is 5.58. The van der Waals surface area contributed by atoms with Crippen LogP contribution in [0.15, 0.2) is 42.5 Å². The Morgan fingerprint density at radius 1 is 0.839 bits per heavy atom. The van der Waals surface area contributed by atoms with Crippen LogP contribution in [0.25, 0.3) is 0 Å². The van der Waals surface area contributed by atoms with Crippen LogP contribution in [0.4, 0.5) is 0 Å². The second-order valence-corrected chi connectivity index (χ2v) is 8.48. The molecule has 0 aliphatic carbocycles. The summed E-state index contributed by atoms with van der Waals surface area (Å²) in [4.78, 5) is 23.5. The third-order valence-corrected chi connectivity index (χ3v) is 5.58. The molecule has 0 unspecified atom stereocenters. The number of carbonyl (C=O) groups is 2. The molecule has 1 aromatic carbocycles.